The molecule has 0 spiro atoms. The second kappa shape index (κ2) is 10.7. The molecule has 1 saturated heterocycles. The minimum Gasteiger partial charge on any atom is -0.493 e. The molecule has 0 unspecified atom stereocenters. The number of nitrogens with one attached hydrogen (secondary N) is 1. The summed E-state index contributed by atoms with van der Waals surface area (Å²) in [6.07, 6.45) is 6.50. The molecule has 0 atom stereocenters. The molecule has 1 fully saturated rings. The minimum absolute atomic E-state index is 0.0803. The number of aromatic nitrogens is 1. The first kappa shape index (κ1) is 23.1. The summed E-state index contributed by atoms with van der Waals surface area (Å²) < 4.78 is 6.04. The number of piperazine rings is 1. The number of rotatable bonds is 8. The van der Waals surface area contributed by atoms with Crippen molar-refractivity contribution in [3.8, 4) is 5.75 Å². The second-order valence-corrected chi connectivity index (χ2v) is 8.87. The number of aromatic amines is 1. The van der Waals surface area contributed by atoms with Crippen molar-refractivity contribution in [1.29, 1.82) is 0 Å². The monoisotopic (exact) mass is 445 g/mol. The molecule has 5 heteroatoms. The minimum atomic E-state index is -0.0803. The van der Waals surface area contributed by atoms with Gasteiger partial charge in [0.15, 0.2) is 0 Å². The lowest BCUT2D eigenvalue weighted by molar-refractivity contribution is 0.238. The van der Waals surface area contributed by atoms with Gasteiger partial charge in [-0.25, -0.2) is 0 Å². The fourth-order valence-electron chi connectivity index (χ4n) is 4.66. The second-order valence-electron chi connectivity index (χ2n) is 8.87. The van der Waals surface area contributed by atoms with Gasteiger partial charge in [0.25, 0.3) is 0 Å². The zero-order valence-corrected chi connectivity index (χ0v) is 20.1. The Balaban J connectivity index is 1.22. The highest BCUT2D eigenvalue weighted by molar-refractivity contribution is 5.83. The number of H-pyrrole nitrogens is 1. The van der Waals surface area contributed by atoms with E-state index in [0.29, 0.717) is 6.61 Å². The molecule has 1 N–H and O–H groups in total. The largest absolute Gasteiger partial charge is 0.493 e. The number of ether oxygens (including phenoxy) is 1. The Morgan fingerprint density at radius 1 is 1.00 bits per heavy atom. The zero-order valence-electron chi connectivity index (χ0n) is 20.1. The van der Waals surface area contributed by atoms with Gasteiger partial charge in [0, 0.05) is 49.1 Å². The summed E-state index contributed by atoms with van der Waals surface area (Å²) in [6, 6.07) is 14.0. The number of nitrogens with zero attached hydrogens (tertiary/aromatic N) is 2. The molecule has 1 aliphatic heterocycles. The summed E-state index contributed by atoms with van der Waals surface area (Å²) >= 11 is 0. The quantitative estimate of drug-likeness (QED) is 0.487. The first-order valence-electron chi connectivity index (χ1n) is 12.0. The zero-order chi connectivity index (χ0) is 23.2. The number of benzene rings is 2. The first-order chi connectivity index (χ1) is 16.1. The maximum absolute atomic E-state index is 11.7. The van der Waals surface area contributed by atoms with Crippen molar-refractivity contribution in [2.24, 2.45) is 0 Å². The van der Waals surface area contributed by atoms with E-state index < -0.39 is 0 Å². The molecular weight excluding hydrogens is 410 g/mol. The van der Waals surface area contributed by atoms with E-state index in [2.05, 4.69) is 59.0 Å². The van der Waals surface area contributed by atoms with Crippen LogP contribution in [-0.2, 0) is 0 Å². The predicted octanol–water partition coefficient (Wildman–Crippen LogP) is 5.16. The van der Waals surface area contributed by atoms with Crippen LogP contribution in [0.2, 0.25) is 0 Å². The number of pyridine rings is 1. The lowest BCUT2D eigenvalue weighted by atomic mass is 10.0. The average molecular weight is 446 g/mol. The van der Waals surface area contributed by atoms with Crippen molar-refractivity contribution in [3.05, 3.63) is 75.6 Å². The van der Waals surface area contributed by atoms with E-state index in [1.54, 1.807) is 6.07 Å². The fourth-order valence-corrected chi connectivity index (χ4v) is 4.66. The van der Waals surface area contributed by atoms with Crippen LogP contribution in [0.25, 0.3) is 17.0 Å². The third-order valence-corrected chi connectivity index (χ3v) is 6.58. The van der Waals surface area contributed by atoms with Crippen molar-refractivity contribution in [2.45, 2.75) is 33.6 Å². The van der Waals surface area contributed by atoms with E-state index in [-0.39, 0.29) is 5.56 Å². The SMILES string of the molecule is C/C=C\c1c(C)cccc1N1CCN(CCCCOc2ccc3ccc(=O)[nH]c3c2C)CC1. The van der Waals surface area contributed by atoms with Gasteiger partial charge in [0.2, 0.25) is 5.56 Å². The van der Waals surface area contributed by atoms with Gasteiger partial charge in [-0.3, -0.25) is 9.69 Å². The lowest BCUT2D eigenvalue weighted by Crippen LogP contribution is -2.46. The van der Waals surface area contributed by atoms with Gasteiger partial charge >= 0.3 is 0 Å². The average Bonchev–Trinajstić information content (AvgIpc) is 2.82. The summed E-state index contributed by atoms with van der Waals surface area (Å²) in [5.41, 5.74) is 5.81. The summed E-state index contributed by atoms with van der Waals surface area (Å²) in [4.78, 5) is 19.7. The smallest absolute Gasteiger partial charge is 0.248 e. The molecule has 2 heterocycles. The number of unbranched alkanes of at least 4 members (excludes halogenated alkanes) is 1. The number of anilines is 1. The Hall–Kier alpha value is -3.05. The van der Waals surface area contributed by atoms with Gasteiger partial charge in [-0.15, -0.1) is 0 Å². The van der Waals surface area contributed by atoms with Gasteiger partial charge in [0.1, 0.15) is 5.75 Å². The van der Waals surface area contributed by atoms with E-state index in [1.165, 1.54) is 16.8 Å². The van der Waals surface area contributed by atoms with E-state index >= 15 is 0 Å². The highest BCUT2D eigenvalue weighted by Gasteiger charge is 2.19. The Labute approximate surface area is 196 Å². The third kappa shape index (κ3) is 5.48. The van der Waals surface area contributed by atoms with Gasteiger partial charge in [-0.1, -0.05) is 24.3 Å². The summed E-state index contributed by atoms with van der Waals surface area (Å²) in [5, 5.41) is 1.03. The molecule has 4 rings (SSSR count). The van der Waals surface area contributed by atoms with Crippen LogP contribution in [0.5, 0.6) is 5.75 Å². The standard InChI is InChI=1S/C28H35N3O2/c1-4-8-24-21(2)9-7-10-25(24)31-18-16-30(17-19-31)15-5-6-20-33-26-13-11-23-12-14-27(32)29-28(23)22(26)3/h4,7-14H,5-6,15-20H2,1-3H3,(H,29,32)/b8-4-. The van der Waals surface area contributed by atoms with Gasteiger partial charge in [0.05, 0.1) is 12.1 Å². The maximum Gasteiger partial charge on any atom is 0.248 e. The van der Waals surface area contributed by atoms with Crippen LogP contribution in [0.1, 0.15) is 36.5 Å². The molecule has 174 valence electrons. The van der Waals surface area contributed by atoms with Crippen molar-refractivity contribution in [2.75, 3.05) is 44.2 Å². The third-order valence-electron chi connectivity index (χ3n) is 6.58. The molecule has 1 aromatic heterocycles. The molecule has 33 heavy (non-hydrogen) atoms. The van der Waals surface area contributed by atoms with Gasteiger partial charge < -0.3 is 14.6 Å². The molecule has 2 aromatic carbocycles. The number of fused-ring (bicyclic) bond motifs is 1. The normalized spacial score (nSPS) is 14.9. The highest BCUT2D eigenvalue weighted by atomic mass is 16.5. The first-order valence-corrected chi connectivity index (χ1v) is 12.0. The molecule has 0 amide bonds. The molecule has 0 saturated carbocycles. The van der Waals surface area contributed by atoms with E-state index in [9.17, 15) is 4.79 Å². The molecule has 1 aliphatic rings. The molecule has 3 aromatic rings. The highest BCUT2D eigenvalue weighted by Crippen LogP contribution is 2.27. The number of hydrogen-bond donors (Lipinski definition) is 1. The summed E-state index contributed by atoms with van der Waals surface area (Å²) in [7, 11) is 0. The van der Waals surface area contributed by atoms with Crippen molar-refractivity contribution in [3.63, 3.8) is 0 Å². The molecule has 0 bridgehead atoms. The molecule has 5 nitrogen and oxygen atoms in total. The molecular formula is C28H35N3O2. The van der Waals surface area contributed by atoms with Crippen molar-refractivity contribution < 1.29 is 4.74 Å². The topological polar surface area (TPSA) is 48.6 Å². The fraction of sp³-hybridized carbons (Fsp3) is 0.393. The Morgan fingerprint density at radius 3 is 2.58 bits per heavy atom. The van der Waals surface area contributed by atoms with Gasteiger partial charge in [-0.2, -0.15) is 0 Å². The van der Waals surface area contributed by atoms with E-state index in [4.69, 9.17) is 4.74 Å². The van der Waals surface area contributed by atoms with Crippen molar-refractivity contribution in [1.82, 2.24) is 9.88 Å². The van der Waals surface area contributed by atoms with Crippen LogP contribution in [0.15, 0.2) is 53.3 Å². The number of allylic oxidation sites excluding steroid dienone is 1. The van der Waals surface area contributed by atoms with Crippen molar-refractivity contribution >= 4 is 22.7 Å². The van der Waals surface area contributed by atoms with Crippen LogP contribution in [0, 0.1) is 13.8 Å². The summed E-state index contributed by atoms with van der Waals surface area (Å²) in [6.45, 7) is 12.4. The lowest BCUT2D eigenvalue weighted by Gasteiger charge is -2.37. The van der Waals surface area contributed by atoms with Crippen LogP contribution in [-0.4, -0.2) is 49.2 Å². The van der Waals surface area contributed by atoms with E-state index in [1.807, 2.05) is 25.1 Å². The number of hydrogen-bond acceptors (Lipinski definition) is 4. The van der Waals surface area contributed by atoms with Gasteiger partial charge in [-0.05, 0) is 75.4 Å². The van der Waals surface area contributed by atoms with Crippen LogP contribution in [0.4, 0.5) is 5.69 Å². The Kier molecular flexibility index (Phi) is 7.50. The maximum atomic E-state index is 11.7. The van der Waals surface area contributed by atoms with E-state index in [0.717, 1.165) is 67.8 Å². The van der Waals surface area contributed by atoms with Crippen LogP contribution >= 0.6 is 0 Å². The molecule has 0 radical (unpaired) electrons. The Morgan fingerprint density at radius 2 is 1.79 bits per heavy atom. The number of aryl methyl sites for hydroxylation is 2. The Bertz CT molecular complexity index is 1170. The van der Waals surface area contributed by atoms with Crippen LogP contribution < -0.4 is 15.2 Å². The summed E-state index contributed by atoms with van der Waals surface area (Å²) in [5.74, 6) is 0.855. The molecule has 0 aliphatic carbocycles. The van der Waals surface area contributed by atoms with Crippen LogP contribution in [0.3, 0.4) is 0 Å². The predicted molar refractivity (Wildman–Crippen MR) is 139 cm³/mol.